The van der Waals surface area contributed by atoms with Gasteiger partial charge in [-0.05, 0) is 6.42 Å². The van der Waals surface area contributed by atoms with Gasteiger partial charge < -0.3 is 16.2 Å². The highest BCUT2D eigenvalue weighted by atomic mass is 17.2. The predicted molar refractivity (Wildman–Crippen MR) is 54.8 cm³/mol. The average molecular weight is 248 g/mol. The van der Waals surface area contributed by atoms with Gasteiger partial charge >= 0.3 is 11.9 Å². The zero-order valence-corrected chi connectivity index (χ0v) is 9.63. The summed E-state index contributed by atoms with van der Waals surface area (Å²) in [6.45, 7) is 2.95. The lowest BCUT2D eigenvalue weighted by molar-refractivity contribution is -0.267. The van der Waals surface area contributed by atoms with Crippen LogP contribution in [0.5, 0.6) is 0 Å². The maximum atomic E-state index is 11.1. The Labute approximate surface area is 98.0 Å². The Morgan fingerprint density at radius 1 is 1.29 bits per heavy atom. The van der Waals surface area contributed by atoms with E-state index in [2.05, 4.69) is 9.78 Å². The summed E-state index contributed by atoms with van der Waals surface area (Å²) in [6.07, 6.45) is -1.40. The van der Waals surface area contributed by atoms with Crippen molar-refractivity contribution in [2.24, 2.45) is 11.7 Å². The first kappa shape index (κ1) is 15.3. The van der Waals surface area contributed by atoms with Gasteiger partial charge in [0.1, 0.15) is 0 Å². The molecule has 98 valence electrons. The third kappa shape index (κ3) is 5.83. The highest BCUT2D eigenvalue weighted by molar-refractivity contribution is 5.84. The fourth-order valence-electron chi connectivity index (χ4n) is 0.647. The Morgan fingerprint density at radius 2 is 1.82 bits per heavy atom. The number of aliphatic hydroxyl groups excluding tert-OH is 1. The van der Waals surface area contributed by atoms with Crippen molar-refractivity contribution in [3.63, 3.8) is 0 Å². The molecular formula is C9H16N2O6. The Morgan fingerprint density at radius 3 is 2.29 bits per heavy atom. The Hall–Kier alpha value is -1.67. The van der Waals surface area contributed by atoms with E-state index in [4.69, 9.17) is 10.8 Å². The van der Waals surface area contributed by atoms with Crippen molar-refractivity contribution in [2.75, 3.05) is 6.54 Å². The van der Waals surface area contributed by atoms with Crippen molar-refractivity contribution in [3.8, 4) is 0 Å². The van der Waals surface area contributed by atoms with Crippen LogP contribution in [0.3, 0.4) is 0 Å². The van der Waals surface area contributed by atoms with E-state index in [0.717, 1.165) is 0 Å². The lowest BCUT2D eigenvalue weighted by atomic mass is 10.1. The molecule has 4 N–H and O–H groups in total. The Bertz CT molecular complexity index is 293. The Balaban J connectivity index is 4.01. The van der Waals surface area contributed by atoms with Crippen molar-refractivity contribution in [2.45, 2.75) is 26.5 Å². The van der Waals surface area contributed by atoms with Gasteiger partial charge in [-0.15, -0.1) is 0 Å². The van der Waals surface area contributed by atoms with Crippen molar-refractivity contribution in [1.82, 2.24) is 5.32 Å². The number of carbonyl (C=O) groups excluding carboxylic acids is 3. The van der Waals surface area contributed by atoms with E-state index < -0.39 is 36.5 Å². The number of nitrogens with one attached hydrogen (secondary N) is 1. The summed E-state index contributed by atoms with van der Waals surface area (Å²) < 4.78 is 0. The van der Waals surface area contributed by atoms with Gasteiger partial charge in [0.2, 0.25) is 12.1 Å². The number of nitrogens with two attached hydrogens (primary N) is 1. The number of hydrogen-bond donors (Lipinski definition) is 3. The molecule has 0 heterocycles. The van der Waals surface area contributed by atoms with E-state index in [1.54, 1.807) is 13.8 Å². The standard InChI is InChI=1S/C9H16N2O6/c1-3-5(2)8(14)16-17-9(15)7(13)11-6(12)4-10/h5,7,13H,3-4,10H2,1-2H3,(H,11,12). The molecule has 0 saturated heterocycles. The number of aliphatic hydroxyl groups is 1. The number of carbonyl (C=O) groups is 3. The summed E-state index contributed by atoms with van der Waals surface area (Å²) in [7, 11) is 0. The van der Waals surface area contributed by atoms with Gasteiger partial charge in [-0.1, -0.05) is 13.8 Å². The topological polar surface area (TPSA) is 128 Å². The van der Waals surface area contributed by atoms with Crippen LogP contribution in [0.1, 0.15) is 20.3 Å². The third-order valence-electron chi connectivity index (χ3n) is 1.93. The summed E-state index contributed by atoms with van der Waals surface area (Å²) in [5, 5.41) is 10.9. The van der Waals surface area contributed by atoms with Crippen LogP contribution in [-0.4, -0.2) is 35.7 Å². The minimum Gasteiger partial charge on any atom is -0.364 e. The fraction of sp³-hybridized carbons (Fsp3) is 0.667. The third-order valence-corrected chi connectivity index (χ3v) is 1.93. The first-order valence-corrected chi connectivity index (χ1v) is 5.02. The molecule has 0 rings (SSSR count). The molecule has 0 aliphatic heterocycles. The second-order valence-corrected chi connectivity index (χ2v) is 3.29. The van der Waals surface area contributed by atoms with Crippen LogP contribution in [0.4, 0.5) is 0 Å². The largest absolute Gasteiger partial charge is 0.404 e. The van der Waals surface area contributed by atoms with Gasteiger partial charge in [0.15, 0.2) is 0 Å². The van der Waals surface area contributed by atoms with Crippen LogP contribution < -0.4 is 11.1 Å². The van der Waals surface area contributed by atoms with Crippen LogP contribution in [0.2, 0.25) is 0 Å². The summed E-state index contributed by atoms with van der Waals surface area (Å²) in [5.74, 6) is -3.22. The summed E-state index contributed by atoms with van der Waals surface area (Å²) >= 11 is 0. The highest BCUT2D eigenvalue weighted by Gasteiger charge is 2.22. The molecule has 0 aromatic carbocycles. The van der Waals surface area contributed by atoms with E-state index in [0.29, 0.717) is 6.42 Å². The van der Waals surface area contributed by atoms with Gasteiger partial charge in [0.25, 0.3) is 0 Å². The van der Waals surface area contributed by atoms with Crippen LogP contribution in [-0.2, 0) is 24.2 Å². The molecule has 0 spiro atoms. The van der Waals surface area contributed by atoms with E-state index in [9.17, 15) is 14.4 Å². The van der Waals surface area contributed by atoms with Crippen molar-refractivity contribution >= 4 is 17.8 Å². The molecule has 0 fully saturated rings. The molecule has 1 amide bonds. The van der Waals surface area contributed by atoms with E-state index in [1.807, 2.05) is 5.32 Å². The molecule has 17 heavy (non-hydrogen) atoms. The average Bonchev–Trinajstić information content (AvgIpc) is 2.33. The number of amides is 1. The minimum absolute atomic E-state index is 0.392. The first-order chi connectivity index (χ1) is 7.92. The second-order valence-electron chi connectivity index (χ2n) is 3.29. The molecule has 0 bridgehead atoms. The molecule has 8 nitrogen and oxygen atoms in total. The van der Waals surface area contributed by atoms with E-state index >= 15 is 0 Å². The number of hydrogen-bond acceptors (Lipinski definition) is 7. The van der Waals surface area contributed by atoms with Crippen LogP contribution >= 0.6 is 0 Å². The Kier molecular flexibility index (Phi) is 6.83. The van der Waals surface area contributed by atoms with Crippen LogP contribution in [0.15, 0.2) is 0 Å². The normalized spacial score (nSPS) is 13.4. The van der Waals surface area contributed by atoms with E-state index in [-0.39, 0.29) is 0 Å². The molecule has 0 aliphatic rings. The zero-order chi connectivity index (χ0) is 13.4. The summed E-state index contributed by atoms with van der Waals surface area (Å²) in [5.41, 5.74) is 4.94. The quantitative estimate of drug-likeness (QED) is 0.304. The van der Waals surface area contributed by atoms with Crippen LogP contribution in [0.25, 0.3) is 0 Å². The van der Waals surface area contributed by atoms with Gasteiger partial charge in [-0.3, -0.25) is 4.79 Å². The maximum Gasteiger partial charge on any atom is 0.404 e. The van der Waals surface area contributed by atoms with Gasteiger partial charge in [0.05, 0.1) is 12.5 Å². The molecular weight excluding hydrogens is 232 g/mol. The van der Waals surface area contributed by atoms with Gasteiger partial charge in [-0.2, -0.15) is 0 Å². The SMILES string of the molecule is CCC(C)C(=O)OOC(=O)C(O)NC(=O)CN. The molecule has 8 heteroatoms. The lowest BCUT2D eigenvalue weighted by Gasteiger charge is -2.11. The molecule has 2 atom stereocenters. The molecule has 0 saturated carbocycles. The molecule has 0 aromatic heterocycles. The summed E-state index contributed by atoms with van der Waals surface area (Å²) in [6, 6.07) is 0. The molecule has 0 aliphatic carbocycles. The highest BCUT2D eigenvalue weighted by Crippen LogP contribution is 2.03. The molecule has 2 unspecified atom stereocenters. The smallest absolute Gasteiger partial charge is 0.364 e. The fourth-order valence-corrected chi connectivity index (χ4v) is 0.647. The molecule has 0 aromatic rings. The minimum atomic E-state index is -1.92. The van der Waals surface area contributed by atoms with Crippen molar-refractivity contribution in [1.29, 1.82) is 0 Å². The predicted octanol–water partition coefficient (Wildman–Crippen LogP) is -1.57. The monoisotopic (exact) mass is 248 g/mol. The van der Waals surface area contributed by atoms with Crippen molar-refractivity contribution < 1.29 is 29.3 Å². The van der Waals surface area contributed by atoms with Crippen molar-refractivity contribution in [3.05, 3.63) is 0 Å². The maximum absolute atomic E-state index is 11.1. The second kappa shape index (κ2) is 7.58. The summed E-state index contributed by atoms with van der Waals surface area (Å²) in [4.78, 5) is 41.0. The van der Waals surface area contributed by atoms with E-state index in [1.165, 1.54) is 0 Å². The zero-order valence-electron chi connectivity index (χ0n) is 9.63. The first-order valence-electron chi connectivity index (χ1n) is 5.02. The van der Waals surface area contributed by atoms with Crippen LogP contribution in [0, 0.1) is 5.92 Å². The lowest BCUT2D eigenvalue weighted by Crippen LogP contribution is -2.44. The van der Waals surface area contributed by atoms with Gasteiger partial charge in [-0.25, -0.2) is 19.4 Å². The number of rotatable bonds is 5. The molecule has 0 radical (unpaired) electrons. The van der Waals surface area contributed by atoms with Gasteiger partial charge in [0, 0.05) is 0 Å².